The van der Waals surface area contributed by atoms with Gasteiger partial charge in [0.25, 0.3) is 5.91 Å². The zero-order chi connectivity index (χ0) is 24.7. The molecule has 0 unspecified atom stereocenters. The molecule has 0 radical (unpaired) electrons. The van der Waals surface area contributed by atoms with Crippen LogP contribution in [0.15, 0.2) is 83.7 Å². The van der Waals surface area contributed by atoms with E-state index in [1.807, 2.05) is 34.9 Å². The summed E-state index contributed by atoms with van der Waals surface area (Å²) in [6, 6.07) is 17.9. The van der Waals surface area contributed by atoms with Crippen molar-refractivity contribution in [3.8, 4) is 17.1 Å². The first-order chi connectivity index (χ1) is 17.7. The highest BCUT2D eigenvalue weighted by Gasteiger charge is 2.18. The molecular formula is C26H23N7OS2. The Balaban J connectivity index is 1.28. The predicted octanol–water partition coefficient (Wildman–Crippen LogP) is 4.75. The van der Waals surface area contributed by atoms with Crippen molar-refractivity contribution in [1.82, 2.24) is 35.0 Å². The van der Waals surface area contributed by atoms with Gasteiger partial charge in [0.05, 0.1) is 5.75 Å². The number of carbonyl (C=O) groups is 1. The third-order valence-electron chi connectivity index (χ3n) is 5.35. The molecule has 10 heteroatoms. The molecule has 0 aliphatic rings. The van der Waals surface area contributed by atoms with Crippen molar-refractivity contribution in [2.45, 2.75) is 24.3 Å². The number of carbonyl (C=O) groups excluding carboxylic acids is 1. The van der Waals surface area contributed by atoms with Gasteiger partial charge < -0.3 is 5.32 Å². The second-order valence-electron chi connectivity index (χ2n) is 7.96. The fraction of sp³-hybridized carbons (Fsp3) is 0.154. The van der Waals surface area contributed by atoms with Crippen LogP contribution in [0.1, 0.15) is 26.8 Å². The van der Waals surface area contributed by atoms with Gasteiger partial charge in [0.15, 0.2) is 11.0 Å². The second-order valence-corrected chi connectivity index (χ2v) is 9.85. The monoisotopic (exact) mass is 513 g/mol. The molecule has 0 aliphatic heterocycles. The van der Waals surface area contributed by atoms with Crippen molar-refractivity contribution in [3.05, 3.63) is 101 Å². The first-order valence-corrected chi connectivity index (χ1v) is 13.2. The van der Waals surface area contributed by atoms with Crippen LogP contribution < -0.4 is 5.32 Å². The Morgan fingerprint density at radius 1 is 1.06 bits per heavy atom. The number of hydrogen-bond donors (Lipinski definition) is 1. The SMILES string of the molecule is Cc1ccc(-n2c(SCc3nc(C(=O)NCCc4ccccn4)cs3)nnc2-c2cccnc2)cc1. The summed E-state index contributed by atoms with van der Waals surface area (Å²) < 4.78 is 2.03. The van der Waals surface area contributed by atoms with Crippen molar-refractivity contribution < 1.29 is 4.79 Å². The van der Waals surface area contributed by atoms with E-state index < -0.39 is 0 Å². The van der Waals surface area contributed by atoms with E-state index in [1.54, 1.807) is 24.0 Å². The van der Waals surface area contributed by atoms with Gasteiger partial charge in [-0.1, -0.05) is 35.5 Å². The number of benzene rings is 1. The number of aromatic nitrogens is 6. The van der Waals surface area contributed by atoms with Crippen molar-refractivity contribution in [2.24, 2.45) is 0 Å². The predicted molar refractivity (Wildman–Crippen MR) is 141 cm³/mol. The normalized spacial score (nSPS) is 10.9. The molecule has 8 nitrogen and oxygen atoms in total. The Labute approximate surface area is 216 Å². The Kier molecular flexibility index (Phi) is 7.44. The van der Waals surface area contributed by atoms with Gasteiger partial charge in [-0.15, -0.1) is 21.5 Å². The van der Waals surface area contributed by atoms with E-state index in [9.17, 15) is 4.79 Å². The third-order valence-corrected chi connectivity index (χ3v) is 7.32. The maximum absolute atomic E-state index is 12.5. The van der Waals surface area contributed by atoms with Gasteiger partial charge in [0.1, 0.15) is 10.7 Å². The summed E-state index contributed by atoms with van der Waals surface area (Å²) in [5.74, 6) is 1.12. The first kappa shape index (κ1) is 23.8. The Bertz CT molecular complexity index is 1430. The summed E-state index contributed by atoms with van der Waals surface area (Å²) in [6.45, 7) is 2.57. The summed E-state index contributed by atoms with van der Waals surface area (Å²) >= 11 is 2.99. The van der Waals surface area contributed by atoms with Gasteiger partial charge in [0, 0.05) is 53.9 Å². The van der Waals surface area contributed by atoms with Crippen LogP contribution >= 0.6 is 23.1 Å². The van der Waals surface area contributed by atoms with Crippen molar-refractivity contribution in [3.63, 3.8) is 0 Å². The van der Waals surface area contributed by atoms with Crippen molar-refractivity contribution in [1.29, 1.82) is 0 Å². The van der Waals surface area contributed by atoms with E-state index in [2.05, 4.69) is 61.7 Å². The number of nitrogens with one attached hydrogen (secondary N) is 1. The topological polar surface area (TPSA) is 98.5 Å². The molecule has 0 saturated heterocycles. The lowest BCUT2D eigenvalue weighted by molar-refractivity contribution is 0.0949. The Hall–Kier alpha value is -3.89. The van der Waals surface area contributed by atoms with E-state index in [-0.39, 0.29) is 5.91 Å². The van der Waals surface area contributed by atoms with Crippen LogP contribution in [-0.4, -0.2) is 42.2 Å². The summed E-state index contributed by atoms with van der Waals surface area (Å²) in [6.07, 6.45) is 5.94. The Morgan fingerprint density at radius 3 is 2.72 bits per heavy atom. The summed E-state index contributed by atoms with van der Waals surface area (Å²) in [7, 11) is 0. The largest absolute Gasteiger partial charge is 0.350 e. The maximum atomic E-state index is 12.5. The molecule has 0 saturated carbocycles. The van der Waals surface area contributed by atoms with Crippen molar-refractivity contribution >= 4 is 29.0 Å². The number of aryl methyl sites for hydroxylation is 1. The van der Waals surface area contributed by atoms with Gasteiger partial charge in [-0.05, 0) is 43.3 Å². The van der Waals surface area contributed by atoms with Gasteiger partial charge in [-0.2, -0.15) is 0 Å². The number of thioether (sulfide) groups is 1. The van der Waals surface area contributed by atoms with Gasteiger partial charge in [-0.3, -0.25) is 19.3 Å². The number of thiazole rings is 1. The minimum atomic E-state index is -0.180. The van der Waals surface area contributed by atoms with Crippen molar-refractivity contribution in [2.75, 3.05) is 6.54 Å². The summed E-state index contributed by atoms with van der Waals surface area (Å²) in [4.78, 5) is 25.6. The minimum absolute atomic E-state index is 0.180. The molecule has 0 aliphatic carbocycles. The molecule has 5 rings (SSSR count). The lowest BCUT2D eigenvalue weighted by Gasteiger charge is -2.10. The van der Waals surface area contributed by atoms with E-state index >= 15 is 0 Å². The average Bonchev–Trinajstić information content (AvgIpc) is 3.57. The molecule has 36 heavy (non-hydrogen) atoms. The van der Waals surface area contributed by atoms with E-state index in [0.29, 0.717) is 24.4 Å². The number of pyridine rings is 2. The van der Waals surface area contributed by atoms with Crippen LogP contribution in [0.3, 0.4) is 0 Å². The number of amides is 1. The lowest BCUT2D eigenvalue weighted by Crippen LogP contribution is -2.26. The molecule has 4 heterocycles. The van der Waals surface area contributed by atoms with Gasteiger partial charge in [-0.25, -0.2) is 4.98 Å². The fourth-order valence-electron chi connectivity index (χ4n) is 3.52. The second kappa shape index (κ2) is 11.2. The van der Waals surface area contributed by atoms with Gasteiger partial charge in [0.2, 0.25) is 0 Å². The Morgan fingerprint density at radius 2 is 1.94 bits per heavy atom. The van der Waals surface area contributed by atoms with Crippen LogP contribution in [0.4, 0.5) is 0 Å². The number of nitrogens with zero attached hydrogens (tertiary/aromatic N) is 6. The molecule has 0 atom stereocenters. The van der Waals surface area contributed by atoms with Crippen LogP contribution in [0.2, 0.25) is 0 Å². The quantitative estimate of drug-likeness (QED) is 0.284. The molecule has 180 valence electrons. The maximum Gasteiger partial charge on any atom is 0.270 e. The van der Waals surface area contributed by atoms with E-state index in [4.69, 9.17) is 0 Å². The van der Waals surface area contributed by atoms with E-state index in [1.165, 1.54) is 28.7 Å². The van der Waals surface area contributed by atoms with Crippen LogP contribution in [-0.2, 0) is 12.2 Å². The molecule has 0 spiro atoms. The molecule has 1 aromatic carbocycles. The summed E-state index contributed by atoms with van der Waals surface area (Å²) in [5.41, 5.74) is 4.40. The molecule has 1 N–H and O–H groups in total. The molecule has 1 amide bonds. The van der Waals surface area contributed by atoms with E-state index in [0.717, 1.165) is 32.9 Å². The molecule has 0 bridgehead atoms. The zero-order valence-electron chi connectivity index (χ0n) is 19.5. The molecule has 4 aromatic heterocycles. The standard InChI is InChI=1S/C26H23N7OS2/c1-18-7-9-21(10-8-18)33-24(19-5-4-12-27-15-19)31-32-26(33)36-17-23-30-22(16-35-23)25(34)29-14-11-20-6-2-3-13-28-20/h2-10,12-13,15-16H,11,14,17H2,1H3,(H,29,34). The first-order valence-electron chi connectivity index (χ1n) is 11.4. The van der Waals surface area contributed by atoms with Crippen LogP contribution in [0, 0.1) is 6.92 Å². The highest BCUT2D eigenvalue weighted by molar-refractivity contribution is 7.98. The smallest absolute Gasteiger partial charge is 0.270 e. The van der Waals surface area contributed by atoms with Crippen LogP contribution in [0.25, 0.3) is 17.1 Å². The molecular weight excluding hydrogens is 490 g/mol. The van der Waals surface area contributed by atoms with Crippen LogP contribution in [0.5, 0.6) is 0 Å². The minimum Gasteiger partial charge on any atom is -0.350 e. The fourth-order valence-corrected chi connectivity index (χ4v) is 5.26. The highest BCUT2D eigenvalue weighted by atomic mass is 32.2. The number of hydrogen-bond acceptors (Lipinski definition) is 8. The molecule has 5 aromatic rings. The van der Waals surface area contributed by atoms with Gasteiger partial charge >= 0.3 is 0 Å². The lowest BCUT2D eigenvalue weighted by atomic mass is 10.2. The molecule has 0 fully saturated rings. The third kappa shape index (κ3) is 5.67. The highest BCUT2D eigenvalue weighted by Crippen LogP contribution is 2.30. The zero-order valence-corrected chi connectivity index (χ0v) is 21.2. The number of rotatable bonds is 9. The summed E-state index contributed by atoms with van der Waals surface area (Å²) in [5, 5.41) is 15.2. The average molecular weight is 514 g/mol.